The Morgan fingerprint density at radius 2 is 2.33 bits per heavy atom. The molecule has 80 valence electrons. The van der Waals surface area contributed by atoms with Gasteiger partial charge < -0.3 is 14.8 Å². The average Bonchev–Trinajstić information content (AvgIpc) is 2.76. The van der Waals surface area contributed by atoms with Crippen molar-refractivity contribution in [3.8, 4) is 11.5 Å². The van der Waals surface area contributed by atoms with E-state index in [1.165, 1.54) is 5.56 Å². The van der Waals surface area contributed by atoms with Crippen LogP contribution in [0.4, 0.5) is 0 Å². The molecule has 1 saturated heterocycles. The Kier molecular flexibility index (Phi) is 2.06. The smallest absolute Gasteiger partial charge is 0.126 e. The summed E-state index contributed by atoms with van der Waals surface area (Å²) >= 11 is 0. The molecule has 3 rings (SSSR count). The Hall–Kier alpha value is -1.22. The van der Waals surface area contributed by atoms with Crippen LogP contribution < -0.4 is 14.8 Å². The second-order valence-electron chi connectivity index (χ2n) is 4.21. The predicted octanol–water partition coefficient (Wildman–Crippen LogP) is 1.39. The summed E-state index contributed by atoms with van der Waals surface area (Å²) in [6.07, 6.45) is 0. The summed E-state index contributed by atoms with van der Waals surface area (Å²) in [5.74, 6) is 3.13. The molecule has 3 heteroatoms. The molecule has 0 unspecified atom stereocenters. The van der Waals surface area contributed by atoms with Gasteiger partial charge in [-0.25, -0.2) is 0 Å². The van der Waals surface area contributed by atoms with Crippen LogP contribution in [0.5, 0.6) is 11.5 Å². The molecular formula is C12H15NO2. The van der Waals surface area contributed by atoms with Gasteiger partial charge in [0.2, 0.25) is 0 Å². The molecule has 1 fully saturated rings. The highest BCUT2D eigenvalue weighted by molar-refractivity contribution is 5.49. The first-order chi connectivity index (χ1) is 7.40. The van der Waals surface area contributed by atoms with Crippen LogP contribution in [0, 0.1) is 5.92 Å². The summed E-state index contributed by atoms with van der Waals surface area (Å²) in [6.45, 7) is 2.93. The molecule has 1 aromatic carbocycles. The quantitative estimate of drug-likeness (QED) is 0.751. The molecule has 2 aliphatic rings. The summed E-state index contributed by atoms with van der Waals surface area (Å²) in [7, 11) is 1.72. The lowest BCUT2D eigenvalue weighted by molar-refractivity contribution is 0.215. The van der Waals surface area contributed by atoms with E-state index < -0.39 is 0 Å². The minimum Gasteiger partial charge on any atom is -0.496 e. The number of nitrogens with one attached hydrogen (secondary N) is 1. The van der Waals surface area contributed by atoms with Crippen LogP contribution in [0.3, 0.4) is 0 Å². The van der Waals surface area contributed by atoms with Gasteiger partial charge in [0.05, 0.1) is 13.7 Å². The van der Waals surface area contributed by atoms with Crippen molar-refractivity contribution < 1.29 is 9.47 Å². The zero-order valence-corrected chi connectivity index (χ0v) is 8.82. The van der Waals surface area contributed by atoms with E-state index in [9.17, 15) is 0 Å². The van der Waals surface area contributed by atoms with E-state index in [0.29, 0.717) is 11.8 Å². The maximum absolute atomic E-state index is 5.76. The fraction of sp³-hybridized carbons (Fsp3) is 0.500. The third-order valence-corrected chi connectivity index (χ3v) is 3.41. The number of hydrogen-bond donors (Lipinski definition) is 1. The monoisotopic (exact) mass is 205 g/mol. The minimum absolute atomic E-state index is 0.560. The van der Waals surface area contributed by atoms with Gasteiger partial charge >= 0.3 is 0 Å². The largest absolute Gasteiger partial charge is 0.496 e. The van der Waals surface area contributed by atoms with Crippen LogP contribution in [-0.4, -0.2) is 26.8 Å². The Morgan fingerprint density at radius 3 is 3.20 bits per heavy atom. The molecule has 0 spiro atoms. The second-order valence-corrected chi connectivity index (χ2v) is 4.21. The number of fused-ring (bicyclic) bond motifs is 3. The van der Waals surface area contributed by atoms with Crippen LogP contribution in [-0.2, 0) is 0 Å². The van der Waals surface area contributed by atoms with Gasteiger partial charge in [0.1, 0.15) is 11.5 Å². The molecule has 2 aliphatic heterocycles. The Bertz CT molecular complexity index is 364. The van der Waals surface area contributed by atoms with E-state index in [0.717, 1.165) is 31.2 Å². The van der Waals surface area contributed by atoms with Crippen LogP contribution in [0.2, 0.25) is 0 Å². The number of rotatable bonds is 1. The van der Waals surface area contributed by atoms with E-state index in [2.05, 4.69) is 5.32 Å². The number of methoxy groups -OCH3 is 1. The van der Waals surface area contributed by atoms with Crippen molar-refractivity contribution in [2.45, 2.75) is 5.92 Å². The van der Waals surface area contributed by atoms with E-state index in [4.69, 9.17) is 9.47 Å². The Balaban J connectivity index is 2.10. The molecule has 1 aromatic rings. The molecular weight excluding hydrogens is 190 g/mol. The SMILES string of the molecule is COc1cccc2c1[C@H]1CNC[C@H]1CO2. The van der Waals surface area contributed by atoms with Crippen molar-refractivity contribution in [3.05, 3.63) is 23.8 Å². The fourth-order valence-electron chi connectivity index (χ4n) is 2.64. The number of ether oxygens (including phenoxy) is 2. The van der Waals surface area contributed by atoms with E-state index in [1.807, 2.05) is 18.2 Å². The molecule has 2 atom stereocenters. The van der Waals surface area contributed by atoms with Crippen molar-refractivity contribution in [3.63, 3.8) is 0 Å². The molecule has 0 bridgehead atoms. The van der Waals surface area contributed by atoms with E-state index >= 15 is 0 Å². The molecule has 0 aromatic heterocycles. The van der Waals surface area contributed by atoms with E-state index in [-0.39, 0.29) is 0 Å². The highest BCUT2D eigenvalue weighted by Crippen LogP contribution is 2.43. The molecule has 15 heavy (non-hydrogen) atoms. The Morgan fingerprint density at radius 1 is 1.40 bits per heavy atom. The van der Waals surface area contributed by atoms with Crippen molar-refractivity contribution >= 4 is 0 Å². The van der Waals surface area contributed by atoms with Gasteiger partial charge in [-0.3, -0.25) is 0 Å². The lowest BCUT2D eigenvalue weighted by Crippen LogP contribution is -2.25. The second kappa shape index (κ2) is 3.42. The van der Waals surface area contributed by atoms with Gasteiger partial charge in [-0.1, -0.05) is 6.07 Å². The summed E-state index contributed by atoms with van der Waals surface area (Å²) in [5.41, 5.74) is 1.25. The molecule has 2 heterocycles. The molecule has 3 nitrogen and oxygen atoms in total. The molecule has 0 amide bonds. The average molecular weight is 205 g/mol. The first kappa shape index (κ1) is 9.04. The maximum Gasteiger partial charge on any atom is 0.126 e. The standard InChI is InChI=1S/C12H15NO2/c1-14-10-3-2-4-11-12(10)9-6-13-5-8(9)7-15-11/h2-4,8-9,13H,5-7H2,1H3/t8-,9-/m0/s1. The Labute approximate surface area is 89.4 Å². The van der Waals surface area contributed by atoms with Crippen molar-refractivity contribution in [1.82, 2.24) is 5.32 Å². The van der Waals surface area contributed by atoms with Gasteiger partial charge in [-0.05, 0) is 12.1 Å². The highest BCUT2D eigenvalue weighted by Gasteiger charge is 2.36. The lowest BCUT2D eigenvalue weighted by Gasteiger charge is -2.29. The molecule has 1 N–H and O–H groups in total. The zero-order chi connectivity index (χ0) is 10.3. The number of hydrogen-bond acceptors (Lipinski definition) is 3. The third-order valence-electron chi connectivity index (χ3n) is 3.41. The highest BCUT2D eigenvalue weighted by atomic mass is 16.5. The van der Waals surface area contributed by atoms with Crippen LogP contribution in [0.15, 0.2) is 18.2 Å². The zero-order valence-electron chi connectivity index (χ0n) is 8.82. The fourth-order valence-corrected chi connectivity index (χ4v) is 2.64. The topological polar surface area (TPSA) is 30.5 Å². The molecule has 0 saturated carbocycles. The molecule has 0 radical (unpaired) electrons. The summed E-state index contributed by atoms with van der Waals surface area (Å²) in [6, 6.07) is 6.04. The normalized spacial score (nSPS) is 27.8. The predicted molar refractivity (Wildman–Crippen MR) is 57.6 cm³/mol. The summed E-state index contributed by atoms with van der Waals surface area (Å²) in [4.78, 5) is 0. The van der Waals surface area contributed by atoms with E-state index in [1.54, 1.807) is 7.11 Å². The number of benzene rings is 1. The first-order valence-corrected chi connectivity index (χ1v) is 5.40. The van der Waals surface area contributed by atoms with Crippen LogP contribution in [0.1, 0.15) is 11.5 Å². The third kappa shape index (κ3) is 1.30. The van der Waals surface area contributed by atoms with Gasteiger partial charge in [0.25, 0.3) is 0 Å². The lowest BCUT2D eigenvalue weighted by atomic mass is 9.86. The first-order valence-electron chi connectivity index (χ1n) is 5.40. The van der Waals surface area contributed by atoms with Gasteiger partial charge in [-0.2, -0.15) is 0 Å². The molecule has 0 aliphatic carbocycles. The van der Waals surface area contributed by atoms with Gasteiger partial charge in [0, 0.05) is 30.5 Å². The van der Waals surface area contributed by atoms with Crippen LogP contribution >= 0.6 is 0 Å². The van der Waals surface area contributed by atoms with Crippen molar-refractivity contribution in [2.24, 2.45) is 5.92 Å². The summed E-state index contributed by atoms with van der Waals surface area (Å²) in [5, 5.41) is 3.42. The van der Waals surface area contributed by atoms with Gasteiger partial charge in [-0.15, -0.1) is 0 Å². The van der Waals surface area contributed by atoms with Crippen molar-refractivity contribution in [2.75, 3.05) is 26.8 Å². The summed E-state index contributed by atoms with van der Waals surface area (Å²) < 4.78 is 11.2. The van der Waals surface area contributed by atoms with Crippen molar-refractivity contribution in [1.29, 1.82) is 0 Å². The minimum atomic E-state index is 0.560. The maximum atomic E-state index is 5.76. The van der Waals surface area contributed by atoms with Crippen LogP contribution in [0.25, 0.3) is 0 Å². The van der Waals surface area contributed by atoms with Gasteiger partial charge in [0.15, 0.2) is 0 Å².